The molecule has 432 valence electrons. The summed E-state index contributed by atoms with van der Waals surface area (Å²) in [6.45, 7) is 8.93. The zero-order valence-corrected chi connectivity index (χ0v) is 46.4. The van der Waals surface area contributed by atoms with Crippen LogP contribution in [0.1, 0.15) is 55.6 Å². The van der Waals surface area contributed by atoms with Gasteiger partial charge in [0, 0.05) is 11.1 Å². The second-order valence-corrected chi connectivity index (χ2v) is 19.2. The lowest BCUT2D eigenvalue weighted by molar-refractivity contribution is 0.572. The number of aryl methyl sites for hydroxylation is 5. The minimum Gasteiger partial charge on any atom is -0.206 e. The van der Waals surface area contributed by atoms with E-state index in [4.69, 9.17) is 26.3 Å². The Balaban J connectivity index is 0.000000174. The Labute approximate surface area is 493 Å². The highest BCUT2D eigenvalue weighted by molar-refractivity contribution is 5.70. The van der Waals surface area contributed by atoms with E-state index in [2.05, 4.69) is 0 Å². The van der Waals surface area contributed by atoms with E-state index in [0.717, 1.165) is 69.8 Å². The largest absolute Gasteiger partial charge is 0.206 e. The van der Waals surface area contributed by atoms with Gasteiger partial charge in [0.2, 0.25) is 0 Å². The van der Waals surface area contributed by atoms with Crippen molar-refractivity contribution in [1.82, 2.24) is 0 Å². The average molecular weight is 1180 g/mol. The molecule has 0 heterocycles. The summed E-state index contributed by atoms with van der Waals surface area (Å²) in [4.78, 5) is 0. The maximum Gasteiger partial charge on any atom is 0.144 e. The Morgan fingerprint density at radius 3 is 0.862 bits per heavy atom. The van der Waals surface area contributed by atoms with E-state index >= 15 is 0 Å². The molecule has 17 heteroatoms. The third kappa shape index (κ3) is 16.5. The predicted octanol–water partition coefficient (Wildman–Crippen LogP) is 19.3. The molecule has 0 aliphatic carbocycles. The van der Waals surface area contributed by atoms with E-state index in [9.17, 15) is 52.7 Å². The molecule has 0 radical (unpaired) electrons. The van der Waals surface area contributed by atoms with Crippen molar-refractivity contribution in [2.45, 2.75) is 34.6 Å². The highest BCUT2D eigenvalue weighted by Crippen LogP contribution is 2.32. The summed E-state index contributed by atoms with van der Waals surface area (Å²) in [5.41, 5.74) is 5.18. The third-order valence-electron chi connectivity index (χ3n) is 12.8. The first kappa shape index (κ1) is 65.0. The maximum absolute atomic E-state index is 13.7. The van der Waals surface area contributed by atoms with Gasteiger partial charge in [-0.2, -0.15) is 26.3 Å². The van der Waals surface area contributed by atoms with Gasteiger partial charge in [-0.1, -0.05) is 96.1 Å². The number of rotatable bonds is 5. The Morgan fingerprint density at radius 2 is 0.506 bits per heavy atom. The van der Waals surface area contributed by atoms with Crippen molar-refractivity contribution >= 4 is 0 Å². The third-order valence-corrected chi connectivity index (χ3v) is 12.8. The van der Waals surface area contributed by atoms with Crippen LogP contribution >= 0.6 is 0 Å². The van der Waals surface area contributed by atoms with E-state index in [-0.39, 0.29) is 27.8 Å². The summed E-state index contributed by atoms with van der Waals surface area (Å²) in [6.07, 6.45) is 0. The molecule has 5 nitrogen and oxygen atoms in total. The number of benzene rings is 10. The fourth-order valence-electron chi connectivity index (χ4n) is 8.24. The van der Waals surface area contributed by atoms with Crippen molar-refractivity contribution in [2.24, 2.45) is 0 Å². The van der Waals surface area contributed by atoms with Gasteiger partial charge in [-0.05, 0) is 175 Å². The first-order valence-electron chi connectivity index (χ1n) is 25.6. The number of hydrogen-bond acceptors (Lipinski definition) is 5. The minimum atomic E-state index is -1.16. The summed E-state index contributed by atoms with van der Waals surface area (Å²) in [6, 6.07) is 48.6. The van der Waals surface area contributed by atoms with Gasteiger partial charge in [0.15, 0.2) is 0 Å². The highest BCUT2D eigenvalue weighted by atomic mass is 19.2. The first-order valence-corrected chi connectivity index (χ1v) is 25.6. The Kier molecular flexibility index (Phi) is 21.9. The Morgan fingerprint density at radius 1 is 0.218 bits per heavy atom. The van der Waals surface area contributed by atoms with E-state index in [1.807, 2.05) is 56.3 Å². The van der Waals surface area contributed by atoms with Crippen molar-refractivity contribution in [1.29, 1.82) is 26.3 Å². The molecule has 0 aromatic heterocycles. The minimum absolute atomic E-state index is 0.0405. The molecule has 0 fully saturated rings. The van der Waals surface area contributed by atoms with E-state index < -0.39 is 92.1 Å². The van der Waals surface area contributed by atoms with Gasteiger partial charge in [-0.25, -0.2) is 52.7 Å². The number of nitrogens with zero attached hydrogens (tertiary/aromatic N) is 5. The van der Waals surface area contributed by atoms with Crippen LogP contribution in [0.25, 0.3) is 55.6 Å². The fourth-order valence-corrected chi connectivity index (χ4v) is 8.24. The van der Waals surface area contributed by atoms with Gasteiger partial charge in [0.1, 0.15) is 117 Å². The SMILES string of the molecule is Cc1cc(F)c(-c2cc(F)c(C#N)c(F)c2)c(F)c1.Cc1ccc(-c2cc(F)c(C#N)c(F)c2)c(F)c1.Cc1ccc(-c2cc(F)c(C#N)c(F)c2)cc1.Cc1ccc(-c2ccc(C#N)c(F)c2)c(F)c1.Cc1ccc(-c2ccc(C#N)c(F)c2)cc1. The first-order chi connectivity index (χ1) is 41.4. The van der Waals surface area contributed by atoms with Crippen molar-refractivity contribution < 1.29 is 52.7 Å². The number of halogens is 12. The zero-order valence-electron chi connectivity index (χ0n) is 46.4. The summed E-state index contributed by atoms with van der Waals surface area (Å²) >= 11 is 0. The quantitative estimate of drug-likeness (QED) is 0.159. The second-order valence-electron chi connectivity index (χ2n) is 19.2. The number of hydrogen-bond donors (Lipinski definition) is 0. The second kappa shape index (κ2) is 29.4. The number of nitriles is 5. The smallest absolute Gasteiger partial charge is 0.144 e. The summed E-state index contributed by atoms with van der Waals surface area (Å²) in [5.74, 6) is -9.85. The Hall–Kier alpha value is -11.2. The van der Waals surface area contributed by atoms with Crippen LogP contribution in [0, 0.1) is 161 Å². The fraction of sp³-hybridized carbons (Fsp3) is 0.0714. The van der Waals surface area contributed by atoms with Gasteiger partial charge in [0.25, 0.3) is 0 Å². The van der Waals surface area contributed by atoms with Crippen molar-refractivity contribution in [3.8, 4) is 86.0 Å². The molecule has 10 aromatic rings. The summed E-state index contributed by atoms with van der Waals surface area (Å²) in [5, 5.41) is 42.9. The van der Waals surface area contributed by atoms with Crippen LogP contribution in [0.2, 0.25) is 0 Å². The zero-order chi connectivity index (χ0) is 63.8. The van der Waals surface area contributed by atoms with Gasteiger partial charge in [0.05, 0.1) is 16.7 Å². The van der Waals surface area contributed by atoms with Gasteiger partial charge < -0.3 is 0 Å². The average Bonchev–Trinajstić information content (AvgIpc) is 2.02. The molecule has 0 aliphatic rings. The normalized spacial score (nSPS) is 10.1. The van der Waals surface area contributed by atoms with Gasteiger partial charge in [-0.15, -0.1) is 0 Å². The molecule has 0 saturated carbocycles. The van der Waals surface area contributed by atoms with Crippen LogP contribution in [0.4, 0.5) is 52.7 Å². The standard InChI is InChI=1S/C14H7F4N.C14H8F3N.2C14H9F2N.C14H10FN/c1-7-2-12(17)14(13(18)3-7)8-4-10(15)9(6-19)11(16)5-8;1-8-2-3-10(12(15)4-8)9-5-13(16)11(7-18)14(17)6-9;1-9-2-5-12(14(16)6-9)10-3-4-11(8-17)13(15)7-10;1-9-2-4-10(5-3-9)11-6-13(15)12(8-17)14(16)7-11;1-10-2-4-11(5-3-10)12-6-7-13(9-16)14(15)8-12/h2-5H,1H3;2-6H,1H3;2*2-7H,1H3;2-8H,1H3. The molecule has 0 atom stereocenters. The van der Waals surface area contributed by atoms with Crippen LogP contribution in [-0.4, -0.2) is 0 Å². The van der Waals surface area contributed by atoms with Crippen molar-refractivity contribution in [3.63, 3.8) is 0 Å². The van der Waals surface area contributed by atoms with Crippen molar-refractivity contribution in [2.75, 3.05) is 0 Å². The van der Waals surface area contributed by atoms with Crippen LogP contribution in [0.15, 0.2) is 170 Å². The van der Waals surface area contributed by atoms with Gasteiger partial charge in [-0.3, -0.25) is 0 Å². The van der Waals surface area contributed by atoms with Crippen LogP contribution in [0.3, 0.4) is 0 Å². The molecule has 0 amide bonds. The van der Waals surface area contributed by atoms with Gasteiger partial charge >= 0.3 is 0 Å². The lowest BCUT2D eigenvalue weighted by Gasteiger charge is -2.08. The van der Waals surface area contributed by atoms with Crippen LogP contribution < -0.4 is 0 Å². The summed E-state index contributed by atoms with van der Waals surface area (Å²) < 4.78 is 162. The molecule has 87 heavy (non-hydrogen) atoms. The molecule has 0 bridgehead atoms. The van der Waals surface area contributed by atoms with E-state index in [1.54, 1.807) is 56.3 Å². The molecule has 0 unspecified atom stereocenters. The molecule has 0 N–H and O–H groups in total. The highest BCUT2D eigenvalue weighted by Gasteiger charge is 2.19. The van der Waals surface area contributed by atoms with E-state index in [0.29, 0.717) is 27.8 Å². The topological polar surface area (TPSA) is 119 Å². The van der Waals surface area contributed by atoms with E-state index in [1.165, 1.54) is 85.8 Å². The predicted molar refractivity (Wildman–Crippen MR) is 306 cm³/mol. The lowest BCUT2D eigenvalue weighted by Crippen LogP contribution is -1.96. The molecule has 10 rings (SSSR count). The molecule has 0 aliphatic heterocycles. The molecule has 0 spiro atoms. The molecular formula is C70H43F12N5. The van der Waals surface area contributed by atoms with Crippen molar-refractivity contribution in [3.05, 3.63) is 295 Å². The maximum atomic E-state index is 13.7. The Bertz CT molecular complexity index is 4340. The summed E-state index contributed by atoms with van der Waals surface area (Å²) in [7, 11) is 0. The molecular weight excluding hydrogens is 1140 g/mol. The van der Waals surface area contributed by atoms with Crippen LogP contribution in [-0.2, 0) is 0 Å². The molecule has 0 saturated heterocycles. The monoisotopic (exact) mass is 1180 g/mol. The lowest BCUT2D eigenvalue weighted by atomic mass is 10.0. The van der Waals surface area contributed by atoms with Crippen LogP contribution in [0.5, 0.6) is 0 Å². The molecule has 10 aromatic carbocycles.